The molecule has 3 heteroatoms. The van der Waals surface area contributed by atoms with Crippen LogP contribution in [0.2, 0.25) is 5.02 Å². The summed E-state index contributed by atoms with van der Waals surface area (Å²) in [4.78, 5) is 0.372. The van der Waals surface area contributed by atoms with Gasteiger partial charge in [-0.05, 0) is 30.5 Å². The van der Waals surface area contributed by atoms with Gasteiger partial charge in [-0.2, -0.15) is 0 Å². The van der Waals surface area contributed by atoms with Crippen molar-refractivity contribution in [3.05, 3.63) is 34.9 Å². The predicted molar refractivity (Wildman–Crippen MR) is 71.3 cm³/mol. The van der Waals surface area contributed by atoms with Crippen LogP contribution < -0.4 is 0 Å². The van der Waals surface area contributed by atoms with E-state index in [2.05, 4.69) is 35.0 Å². The van der Waals surface area contributed by atoms with Gasteiger partial charge in [-0.3, -0.25) is 0 Å². The molecule has 1 aromatic rings. The van der Waals surface area contributed by atoms with Crippen LogP contribution in [0.5, 0.6) is 0 Å². The Bertz CT molecular complexity index is 338. The van der Waals surface area contributed by atoms with Crippen LogP contribution in [-0.2, 0) is 4.74 Å². The average molecular weight is 304 g/mol. The van der Waals surface area contributed by atoms with Crippen molar-refractivity contribution in [2.75, 3.05) is 6.61 Å². The lowest BCUT2D eigenvalue weighted by atomic mass is 9.92. The van der Waals surface area contributed by atoms with Crippen molar-refractivity contribution < 1.29 is 4.74 Å². The highest BCUT2D eigenvalue weighted by molar-refractivity contribution is 9.09. The Morgan fingerprint density at radius 1 is 1.44 bits per heavy atom. The van der Waals surface area contributed by atoms with Gasteiger partial charge in [-0.15, -0.1) is 0 Å². The Labute approximate surface area is 110 Å². The van der Waals surface area contributed by atoms with E-state index in [9.17, 15) is 0 Å². The van der Waals surface area contributed by atoms with Crippen LogP contribution in [0.25, 0.3) is 0 Å². The summed E-state index contributed by atoms with van der Waals surface area (Å²) in [5.41, 5.74) is 1.29. The van der Waals surface area contributed by atoms with Crippen LogP contribution in [-0.4, -0.2) is 12.7 Å². The molecule has 3 unspecified atom stereocenters. The molecule has 0 radical (unpaired) electrons. The molecule has 1 aromatic carbocycles. The summed E-state index contributed by atoms with van der Waals surface area (Å²) in [6.07, 6.45) is 2.61. The molecule has 0 aromatic heterocycles. The Morgan fingerprint density at radius 3 is 2.75 bits per heavy atom. The summed E-state index contributed by atoms with van der Waals surface area (Å²) < 4.78 is 5.73. The number of hydrogen-bond acceptors (Lipinski definition) is 1. The van der Waals surface area contributed by atoms with E-state index >= 15 is 0 Å². The molecule has 1 aliphatic rings. The molecule has 1 aliphatic heterocycles. The number of ether oxygens (including phenoxy) is 1. The number of halogens is 2. The fourth-order valence-electron chi connectivity index (χ4n) is 2.31. The monoisotopic (exact) mass is 302 g/mol. The van der Waals surface area contributed by atoms with Crippen molar-refractivity contribution >= 4 is 27.5 Å². The van der Waals surface area contributed by atoms with Gasteiger partial charge in [0.1, 0.15) is 0 Å². The molecule has 0 aliphatic carbocycles. The smallest absolute Gasteiger partial charge is 0.0615 e. The number of hydrogen-bond donors (Lipinski definition) is 0. The van der Waals surface area contributed by atoms with E-state index in [1.165, 1.54) is 5.56 Å². The largest absolute Gasteiger partial charge is 0.378 e. The fraction of sp³-hybridized carbons (Fsp3) is 0.538. The maximum Gasteiger partial charge on any atom is 0.0615 e. The van der Waals surface area contributed by atoms with E-state index in [-0.39, 0.29) is 0 Å². The van der Waals surface area contributed by atoms with Crippen molar-refractivity contribution in [2.24, 2.45) is 5.92 Å². The zero-order chi connectivity index (χ0) is 11.5. The van der Waals surface area contributed by atoms with Crippen molar-refractivity contribution in [3.63, 3.8) is 0 Å². The van der Waals surface area contributed by atoms with Crippen LogP contribution in [0, 0.1) is 5.92 Å². The Hall–Kier alpha value is -0.0500. The third-order valence-corrected chi connectivity index (χ3v) is 4.69. The SMILES string of the molecule is CCC1OCCC1C(Br)c1ccc(Cl)cc1. The Kier molecular flexibility index (Phi) is 4.28. The summed E-state index contributed by atoms with van der Waals surface area (Å²) in [7, 11) is 0. The first-order chi connectivity index (χ1) is 7.72. The van der Waals surface area contributed by atoms with E-state index in [1.807, 2.05) is 12.1 Å². The van der Waals surface area contributed by atoms with Gasteiger partial charge in [0, 0.05) is 22.4 Å². The minimum Gasteiger partial charge on any atom is -0.378 e. The molecule has 16 heavy (non-hydrogen) atoms. The zero-order valence-corrected chi connectivity index (χ0v) is 11.7. The Balaban J connectivity index is 2.12. The van der Waals surface area contributed by atoms with Crippen molar-refractivity contribution in [1.82, 2.24) is 0 Å². The quantitative estimate of drug-likeness (QED) is 0.742. The molecule has 0 bridgehead atoms. The first-order valence-corrected chi connectivity index (χ1v) is 7.03. The normalized spacial score (nSPS) is 26.9. The molecular formula is C13H16BrClO. The topological polar surface area (TPSA) is 9.23 Å². The van der Waals surface area contributed by atoms with Gasteiger partial charge in [0.2, 0.25) is 0 Å². The highest BCUT2D eigenvalue weighted by atomic mass is 79.9. The van der Waals surface area contributed by atoms with Crippen molar-refractivity contribution in [2.45, 2.75) is 30.7 Å². The Morgan fingerprint density at radius 2 is 2.12 bits per heavy atom. The van der Waals surface area contributed by atoms with Gasteiger partial charge in [-0.25, -0.2) is 0 Å². The van der Waals surface area contributed by atoms with Crippen LogP contribution in [0.3, 0.4) is 0 Å². The van der Waals surface area contributed by atoms with Gasteiger partial charge < -0.3 is 4.74 Å². The molecule has 2 rings (SSSR count). The molecule has 0 N–H and O–H groups in total. The minimum atomic E-state index is 0.372. The highest BCUT2D eigenvalue weighted by Crippen LogP contribution is 2.40. The third-order valence-electron chi connectivity index (χ3n) is 3.23. The number of benzene rings is 1. The standard InChI is InChI=1S/C13H16BrClO/c1-2-12-11(7-8-16-12)13(14)9-3-5-10(15)6-4-9/h3-6,11-13H,2,7-8H2,1H3. The molecular weight excluding hydrogens is 287 g/mol. The first kappa shape index (κ1) is 12.4. The van der Waals surface area contributed by atoms with Crippen LogP contribution >= 0.6 is 27.5 Å². The lowest BCUT2D eigenvalue weighted by Crippen LogP contribution is -2.18. The van der Waals surface area contributed by atoms with E-state index in [4.69, 9.17) is 16.3 Å². The van der Waals surface area contributed by atoms with Crippen molar-refractivity contribution in [1.29, 1.82) is 0 Å². The zero-order valence-electron chi connectivity index (χ0n) is 9.33. The second kappa shape index (κ2) is 5.52. The first-order valence-electron chi connectivity index (χ1n) is 5.73. The lowest BCUT2D eigenvalue weighted by molar-refractivity contribution is 0.0873. The van der Waals surface area contributed by atoms with Crippen LogP contribution in [0.1, 0.15) is 30.2 Å². The summed E-state index contributed by atoms with van der Waals surface area (Å²) in [5, 5.41) is 0.790. The third kappa shape index (κ3) is 2.61. The summed E-state index contributed by atoms with van der Waals surface area (Å²) in [5.74, 6) is 0.575. The molecule has 1 nitrogen and oxygen atoms in total. The summed E-state index contributed by atoms with van der Waals surface area (Å²) in [6, 6.07) is 8.07. The van der Waals surface area contributed by atoms with Crippen LogP contribution in [0.4, 0.5) is 0 Å². The molecule has 1 saturated heterocycles. The van der Waals surface area contributed by atoms with Gasteiger partial charge in [0.05, 0.1) is 6.10 Å². The van der Waals surface area contributed by atoms with E-state index in [0.717, 1.165) is 24.5 Å². The molecule has 3 atom stereocenters. The molecule has 0 spiro atoms. The van der Waals surface area contributed by atoms with Gasteiger partial charge >= 0.3 is 0 Å². The predicted octanol–water partition coefficient (Wildman–Crippen LogP) is 4.59. The van der Waals surface area contributed by atoms with Gasteiger partial charge in [-0.1, -0.05) is 46.6 Å². The van der Waals surface area contributed by atoms with Crippen LogP contribution in [0.15, 0.2) is 24.3 Å². The van der Waals surface area contributed by atoms with Gasteiger partial charge in [0.25, 0.3) is 0 Å². The van der Waals surface area contributed by atoms with E-state index < -0.39 is 0 Å². The number of rotatable bonds is 3. The fourth-order valence-corrected chi connectivity index (χ4v) is 3.35. The second-order valence-electron chi connectivity index (χ2n) is 4.22. The summed E-state index contributed by atoms with van der Waals surface area (Å²) >= 11 is 9.69. The van der Waals surface area contributed by atoms with Gasteiger partial charge in [0.15, 0.2) is 0 Å². The van der Waals surface area contributed by atoms with E-state index in [0.29, 0.717) is 16.8 Å². The molecule has 88 valence electrons. The highest BCUT2D eigenvalue weighted by Gasteiger charge is 2.32. The molecule has 1 fully saturated rings. The van der Waals surface area contributed by atoms with Crippen molar-refractivity contribution in [3.8, 4) is 0 Å². The summed E-state index contributed by atoms with van der Waals surface area (Å²) in [6.45, 7) is 3.07. The molecule has 0 saturated carbocycles. The lowest BCUT2D eigenvalue weighted by Gasteiger charge is -2.22. The molecule has 1 heterocycles. The maximum absolute atomic E-state index is 5.89. The van der Waals surface area contributed by atoms with E-state index in [1.54, 1.807) is 0 Å². The molecule has 0 amide bonds. The minimum absolute atomic E-state index is 0.372. The number of alkyl halides is 1. The maximum atomic E-state index is 5.89. The second-order valence-corrected chi connectivity index (χ2v) is 5.65. The average Bonchev–Trinajstić information content (AvgIpc) is 2.77.